The first-order valence-corrected chi connectivity index (χ1v) is 9.99. The fourth-order valence-electron chi connectivity index (χ4n) is 3.48. The van der Waals surface area contributed by atoms with Crippen molar-refractivity contribution in [1.82, 2.24) is 9.27 Å². The summed E-state index contributed by atoms with van der Waals surface area (Å²) in [6, 6.07) is 5.28. The number of hydrogen-bond donors (Lipinski definition) is 1. The van der Waals surface area contributed by atoms with E-state index in [1.165, 1.54) is 18.2 Å². The molecule has 2 heterocycles. The third-order valence-corrected chi connectivity index (χ3v) is 6.16. The number of benzene rings is 2. The summed E-state index contributed by atoms with van der Waals surface area (Å²) in [5, 5.41) is 11.3. The first kappa shape index (κ1) is 19.6. The molecule has 0 unspecified atom stereocenters. The minimum absolute atomic E-state index is 0.0164. The zero-order chi connectivity index (χ0) is 20.7. The van der Waals surface area contributed by atoms with Gasteiger partial charge in [-0.25, -0.2) is 8.78 Å². The molecule has 0 radical (unpaired) electrons. The number of aromatic hydroxyl groups is 1. The van der Waals surface area contributed by atoms with Crippen molar-refractivity contribution < 1.29 is 18.7 Å². The lowest BCUT2D eigenvalue weighted by Crippen LogP contribution is -2.48. The number of carbonyl (C=O) groups excluding carboxylic acids is 1. The van der Waals surface area contributed by atoms with E-state index in [0.29, 0.717) is 31.6 Å². The van der Waals surface area contributed by atoms with Crippen LogP contribution in [0.4, 0.5) is 13.8 Å². The van der Waals surface area contributed by atoms with Gasteiger partial charge < -0.3 is 14.9 Å². The van der Waals surface area contributed by atoms with Crippen molar-refractivity contribution in [2.45, 2.75) is 0 Å². The molecule has 1 saturated heterocycles. The van der Waals surface area contributed by atoms with Crippen LogP contribution >= 0.6 is 23.1 Å². The van der Waals surface area contributed by atoms with E-state index >= 15 is 4.39 Å². The molecule has 1 aliphatic rings. The predicted octanol–water partition coefficient (Wildman–Crippen LogP) is 4.44. The maximum absolute atomic E-state index is 15.3. The molecule has 0 saturated carbocycles. The average molecular weight is 436 g/mol. The Morgan fingerprint density at radius 2 is 1.97 bits per heavy atom. The van der Waals surface area contributed by atoms with Crippen LogP contribution in [0.25, 0.3) is 22.0 Å². The SMILES string of the molecule is C=CC(=O)N1CCN(c2snc3c(F)c(-c4c(O)cccc4F)c(Cl)cc23)CC1. The largest absolute Gasteiger partial charge is 0.507 e. The van der Waals surface area contributed by atoms with Gasteiger partial charge in [0.2, 0.25) is 5.91 Å². The van der Waals surface area contributed by atoms with Gasteiger partial charge in [0.15, 0.2) is 5.82 Å². The fraction of sp³-hybridized carbons (Fsp3) is 0.200. The highest BCUT2D eigenvalue weighted by Gasteiger charge is 2.26. The summed E-state index contributed by atoms with van der Waals surface area (Å²) in [5.74, 6) is -2.08. The van der Waals surface area contributed by atoms with Gasteiger partial charge in [-0.1, -0.05) is 24.2 Å². The zero-order valence-electron chi connectivity index (χ0n) is 15.2. The van der Waals surface area contributed by atoms with Crippen molar-refractivity contribution in [2.24, 2.45) is 0 Å². The maximum Gasteiger partial charge on any atom is 0.246 e. The molecule has 1 fully saturated rings. The summed E-state index contributed by atoms with van der Waals surface area (Å²) < 4.78 is 33.8. The smallest absolute Gasteiger partial charge is 0.246 e. The second kappa shape index (κ2) is 7.61. The van der Waals surface area contributed by atoms with Gasteiger partial charge in [-0.15, -0.1) is 0 Å². The van der Waals surface area contributed by atoms with Crippen LogP contribution in [-0.2, 0) is 4.79 Å². The molecule has 150 valence electrons. The standard InChI is InChI=1S/C20H16ClF2N3O2S/c1-2-15(28)25-6-8-26(9-7-25)20-11-10-12(21)16(18(23)19(11)24-29-20)17-13(22)4-3-5-14(17)27/h2-5,10,27H,1,6-9H2. The minimum atomic E-state index is -0.782. The van der Waals surface area contributed by atoms with E-state index in [2.05, 4.69) is 11.0 Å². The molecule has 0 bridgehead atoms. The van der Waals surface area contributed by atoms with Gasteiger partial charge in [-0.2, -0.15) is 4.37 Å². The molecule has 1 amide bonds. The Kier molecular flexibility index (Phi) is 5.14. The van der Waals surface area contributed by atoms with Crippen LogP contribution in [0.15, 0.2) is 36.9 Å². The summed E-state index contributed by atoms with van der Waals surface area (Å²) >= 11 is 7.43. The van der Waals surface area contributed by atoms with Gasteiger partial charge in [-0.05, 0) is 35.8 Å². The predicted molar refractivity (Wildman–Crippen MR) is 111 cm³/mol. The zero-order valence-corrected chi connectivity index (χ0v) is 16.7. The Hall–Kier alpha value is -2.71. The molecule has 3 aromatic rings. The number of piperazine rings is 1. The second-order valence-electron chi connectivity index (χ2n) is 6.58. The van der Waals surface area contributed by atoms with Crippen LogP contribution in [0.2, 0.25) is 5.02 Å². The number of rotatable bonds is 3. The minimum Gasteiger partial charge on any atom is -0.507 e. The van der Waals surface area contributed by atoms with Gasteiger partial charge in [0.05, 0.1) is 10.6 Å². The number of phenols is 1. The summed E-state index contributed by atoms with van der Waals surface area (Å²) in [6.07, 6.45) is 1.28. The summed E-state index contributed by atoms with van der Waals surface area (Å²) in [6.45, 7) is 5.65. The summed E-state index contributed by atoms with van der Waals surface area (Å²) in [5.41, 5.74) is -0.437. The lowest BCUT2D eigenvalue weighted by atomic mass is 10.0. The lowest BCUT2D eigenvalue weighted by molar-refractivity contribution is -0.126. The van der Waals surface area contributed by atoms with Crippen molar-refractivity contribution in [2.75, 3.05) is 31.1 Å². The van der Waals surface area contributed by atoms with Crippen LogP contribution in [0, 0.1) is 11.6 Å². The maximum atomic E-state index is 15.3. The van der Waals surface area contributed by atoms with Crippen LogP contribution < -0.4 is 4.90 Å². The van der Waals surface area contributed by atoms with Gasteiger partial charge in [-0.3, -0.25) is 4.79 Å². The summed E-state index contributed by atoms with van der Waals surface area (Å²) in [4.78, 5) is 15.5. The molecule has 2 aromatic carbocycles. The van der Waals surface area contributed by atoms with Crippen molar-refractivity contribution >= 4 is 44.9 Å². The normalized spacial score (nSPS) is 14.4. The van der Waals surface area contributed by atoms with E-state index in [9.17, 15) is 14.3 Å². The highest BCUT2D eigenvalue weighted by molar-refractivity contribution is 7.11. The number of anilines is 1. The number of phenolic OH excluding ortho intramolecular Hbond substituents is 1. The molecular weight excluding hydrogens is 420 g/mol. The number of fused-ring (bicyclic) bond motifs is 1. The van der Waals surface area contributed by atoms with Crippen LogP contribution in [0.3, 0.4) is 0 Å². The third-order valence-electron chi connectivity index (χ3n) is 4.94. The molecular formula is C20H16ClF2N3O2S. The molecule has 1 aromatic heterocycles. The average Bonchev–Trinajstić information content (AvgIpc) is 3.13. The molecule has 0 spiro atoms. The van der Waals surface area contributed by atoms with Crippen molar-refractivity contribution in [3.05, 3.63) is 53.6 Å². The first-order valence-electron chi connectivity index (χ1n) is 8.84. The number of hydrogen-bond acceptors (Lipinski definition) is 5. The van der Waals surface area contributed by atoms with E-state index in [4.69, 9.17) is 11.6 Å². The molecule has 0 atom stereocenters. The molecule has 4 rings (SSSR count). The Morgan fingerprint density at radius 1 is 1.24 bits per heavy atom. The molecule has 1 aliphatic heterocycles. The van der Waals surface area contributed by atoms with E-state index in [-0.39, 0.29) is 27.6 Å². The van der Waals surface area contributed by atoms with E-state index in [0.717, 1.165) is 22.6 Å². The molecule has 1 N–H and O–H groups in total. The van der Waals surface area contributed by atoms with Crippen LogP contribution in [0.1, 0.15) is 0 Å². The fourth-order valence-corrected chi connectivity index (χ4v) is 4.67. The monoisotopic (exact) mass is 435 g/mol. The lowest BCUT2D eigenvalue weighted by Gasteiger charge is -2.34. The number of halogens is 3. The van der Waals surface area contributed by atoms with Crippen LogP contribution in [0.5, 0.6) is 5.75 Å². The van der Waals surface area contributed by atoms with Gasteiger partial charge in [0.25, 0.3) is 0 Å². The Labute approximate surface area is 174 Å². The molecule has 29 heavy (non-hydrogen) atoms. The highest BCUT2D eigenvalue weighted by atomic mass is 35.5. The van der Waals surface area contributed by atoms with Gasteiger partial charge in [0.1, 0.15) is 22.1 Å². The van der Waals surface area contributed by atoms with E-state index in [1.807, 2.05) is 4.90 Å². The third kappa shape index (κ3) is 3.32. The van der Waals surface area contributed by atoms with Crippen molar-refractivity contribution in [1.29, 1.82) is 0 Å². The quantitative estimate of drug-likeness (QED) is 0.618. The van der Waals surface area contributed by atoms with Gasteiger partial charge in [0, 0.05) is 37.1 Å². The summed E-state index contributed by atoms with van der Waals surface area (Å²) in [7, 11) is 0. The number of aromatic nitrogens is 1. The molecule has 9 heteroatoms. The Balaban J connectivity index is 1.74. The highest BCUT2D eigenvalue weighted by Crippen LogP contribution is 2.44. The molecule has 5 nitrogen and oxygen atoms in total. The number of carbonyl (C=O) groups is 1. The van der Waals surface area contributed by atoms with Crippen molar-refractivity contribution in [3.8, 4) is 16.9 Å². The first-order chi connectivity index (χ1) is 13.9. The number of nitrogens with zero attached hydrogens (tertiary/aromatic N) is 3. The number of amides is 1. The van der Waals surface area contributed by atoms with Crippen molar-refractivity contribution in [3.63, 3.8) is 0 Å². The van der Waals surface area contributed by atoms with E-state index in [1.54, 1.807) is 11.0 Å². The second-order valence-corrected chi connectivity index (χ2v) is 7.74. The van der Waals surface area contributed by atoms with Gasteiger partial charge >= 0.3 is 0 Å². The topological polar surface area (TPSA) is 56.7 Å². The van der Waals surface area contributed by atoms with E-state index < -0.39 is 17.4 Å². The Morgan fingerprint density at radius 3 is 2.62 bits per heavy atom. The Bertz CT molecular complexity index is 1110. The van der Waals surface area contributed by atoms with Crippen LogP contribution in [-0.4, -0.2) is 46.5 Å². The molecule has 0 aliphatic carbocycles.